The van der Waals surface area contributed by atoms with Crippen LogP contribution in [0.25, 0.3) is 5.69 Å². The van der Waals surface area contributed by atoms with Crippen LogP contribution in [0.4, 0.5) is 5.69 Å². The summed E-state index contributed by atoms with van der Waals surface area (Å²) < 4.78 is 12.2. The Bertz CT molecular complexity index is 1130. The molecular formula is C22H20N2O6. The van der Waals surface area contributed by atoms with E-state index in [0.29, 0.717) is 11.4 Å². The first kappa shape index (κ1) is 19.4. The molecule has 154 valence electrons. The molecule has 0 saturated heterocycles. The van der Waals surface area contributed by atoms with E-state index in [9.17, 15) is 19.8 Å². The Kier molecular flexibility index (Phi) is 4.83. The molecule has 0 bridgehead atoms. The Balaban J connectivity index is 1.93. The molecule has 0 fully saturated rings. The molecule has 0 unspecified atom stereocenters. The van der Waals surface area contributed by atoms with E-state index in [1.165, 1.54) is 19.4 Å². The molecule has 1 aromatic heterocycles. The average Bonchev–Trinajstić information content (AvgIpc) is 3.13. The zero-order valence-electron chi connectivity index (χ0n) is 16.4. The summed E-state index contributed by atoms with van der Waals surface area (Å²) in [5.74, 6) is -0.915. The molecule has 0 spiro atoms. The van der Waals surface area contributed by atoms with Gasteiger partial charge in [-0.05, 0) is 42.0 Å². The number of aromatic carboxylic acids is 1. The second-order valence-electron chi connectivity index (χ2n) is 6.91. The van der Waals surface area contributed by atoms with Crippen molar-refractivity contribution in [2.24, 2.45) is 0 Å². The lowest BCUT2D eigenvalue weighted by Gasteiger charge is -2.26. The zero-order chi connectivity index (χ0) is 21.4. The quantitative estimate of drug-likeness (QED) is 0.597. The molecule has 8 heteroatoms. The summed E-state index contributed by atoms with van der Waals surface area (Å²) in [5.41, 5.74) is 2.37. The molecule has 3 N–H and O–H groups in total. The molecule has 30 heavy (non-hydrogen) atoms. The summed E-state index contributed by atoms with van der Waals surface area (Å²) in [7, 11) is 3.01. The molecule has 1 aliphatic heterocycles. The number of hydrogen-bond acceptors (Lipinski definition) is 5. The molecule has 4 rings (SSSR count). The molecule has 2 heterocycles. The number of fused-ring (bicyclic) bond motifs is 1. The van der Waals surface area contributed by atoms with Crippen LogP contribution in [0.5, 0.6) is 17.2 Å². The van der Waals surface area contributed by atoms with E-state index in [-0.39, 0.29) is 35.1 Å². The Morgan fingerprint density at radius 3 is 2.50 bits per heavy atom. The van der Waals surface area contributed by atoms with Crippen molar-refractivity contribution in [2.45, 2.75) is 12.3 Å². The van der Waals surface area contributed by atoms with Crippen molar-refractivity contribution in [2.75, 3.05) is 19.5 Å². The van der Waals surface area contributed by atoms with E-state index in [1.807, 2.05) is 12.1 Å². The summed E-state index contributed by atoms with van der Waals surface area (Å²) >= 11 is 0. The van der Waals surface area contributed by atoms with Crippen LogP contribution in [-0.4, -0.2) is 40.9 Å². The Labute approximate surface area is 172 Å². The number of carboxylic acid groups (broad SMARTS) is 1. The molecule has 0 aliphatic carbocycles. The Morgan fingerprint density at radius 1 is 1.13 bits per heavy atom. The number of hydrogen-bond donors (Lipinski definition) is 3. The minimum absolute atomic E-state index is 0.00427. The van der Waals surface area contributed by atoms with E-state index in [1.54, 1.807) is 35.9 Å². The number of carbonyl (C=O) groups excluding carboxylic acids is 1. The highest BCUT2D eigenvalue weighted by Gasteiger charge is 2.34. The fourth-order valence-electron chi connectivity index (χ4n) is 3.77. The maximum atomic E-state index is 12.4. The molecule has 0 saturated carbocycles. The van der Waals surface area contributed by atoms with E-state index >= 15 is 0 Å². The van der Waals surface area contributed by atoms with Gasteiger partial charge in [0.25, 0.3) is 0 Å². The van der Waals surface area contributed by atoms with E-state index in [2.05, 4.69) is 5.32 Å². The number of amides is 1. The Morgan fingerprint density at radius 2 is 1.87 bits per heavy atom. The van der Waals surface area contributed by atoms with Crippen LogP contribution in [0, 0.1) is 0 Å². The van der Waals surface area contributed by atoms with Gasteiger partial charge in [0, 0.05) is 24.2 Å². The second-order valence-corrected chi connectivity index (χ2v) is 6.91. The highest BCUT2D eigenvalue weighted by atomic mass is 16.5. The topological polar surface area (TPSA) is 110 Å². The van der Waals surface area contributed by atoms with Crippen molar-refractivity contribution < 1.29 is 29.3 Å². The van der Waals surface area contributed by atoms with Crippen molar-refractivity contribution in [3.05, 3.63) is 65.5 Å². The van der Waals surface area contributed by atoms with Crippen LogP contribution in [0.2, 0.25) is 0 Å². The summed E-state index contributed by atoms with van der Waals surface area (Å²) in [6.07, 6.45) is 1.63. The highest BCUT2D eigenvalue weighted by Crippen LogP contribution is 2.43. The van der Waals surface area contributed by atoms with Crippen molar-refractivity contribution in [1.82, 2.24) is 4.57 Å². The van der Waals surface area contributed by atoms with Gasteiger partial charge in [-0.25, -0.2) is 4.79 Å². The normalized spacial score (nSPS) is 15.3. The van der Waals surface area contributed by atoms with Gasteiger partial charge >= 0.3 is 5.97 Å². The number of phenols is 1. The van der Waals surface area contributed by atoms with E-state index in [4.69, 9.17) is 9.47 Å². The number of carbonyl (C=O) groups is 2. The highest BCUT2D eigenvalue weighted by molar-refractivity contribution is 6.04. The van der Waals surface area contributed by atoms with Crippen molar-refractivity contribution >= 4 is 17.6 Å². The zero-order valence-corrected chi connectivity index (χ0v) is 16.4. The number of ether oxygens (including phenoxy) is 2. The molecular weight excluding hydrogens is 388 g/mol. The molecule has 1 aliphatic rings. The van der Waals surface area contributed by atoms with E-state index < -0.39 is 11.9 Å². The maximum absolute atomic E-state index is 12.4. The maximum Gasteiger partial charge on any atom is 0.339 e. The number of anilines is 1. The number of nitrogens with zero attached hydrogens (tertiary/aromatic N) is 1. The van der Waals surface area contributed by atoms with Crippen LogP contribution in [0.3, 0.4) is 0 Å². The van der Waals surface area contributed by atoms with Gasteiger partial charge < -0.3 is 29.6 Å². The molecule has 2 aromatic carbocycles. The molecule has 1 atom stereocenters. The minimum atomic E-state index is -1.14. The molecule has 0 radical (unpaired) electrons. The smallest absolute Gasteiger partial charge is 0.339 e. The third-order valence-corrected chi connectivity index (χ3v) is 5.21. The van der Waals surface area contributed by atoms with Crippen molar-refractivity contribution in [1.29, 1.82) is 0 Å². The molecule has 8 nitrogen and oxygen atoms in total. The minimum Gasteiger partial charge on any atom is -0.504 e. The number of methoxy groups -OCH3 is 2. The van der Waals surface area contributed by atoms with Gasteiger partial charge in [0.1, 0.15) is 11.3 Å². The van der Waals surface area contributed by atoms with Gasteiger partial charge in [0.2, 0.25) is 5.91 Å². The first-order chi connectivity index (χ1) is 14.4. The van der Waals surface area contributed by atoms with Gasteiger partial charge in [0.05, 0.1) is 25.6 Å². The lowest BCUT2D eigenvalue weighted by molar-refractivity contribution is -0.116. The van der Waals surface area contributed by atoms with Crippen LogP contribution >= 0.6 is 0 Å². The second kappa shape index (κ2) is 7.47. The lowest BCUT2D eigenvalue weighted by atomic mass is 9.88. The van der Waals surface area contributed by atoms with Crippen molar-refractivity contribution in [3.63, 3.8) is 0 Å². The predicted molar refractivity (Wildman–Crippen MR) is 109 cm³/mol. The number of benzene rings is 2. The van der Waals surface area contributed by atoms with Gasteiger partial charge in [-0.15, -0.1) is 0 Å². The number of aromatic hydroxyl groups is 1. The third-order valence-electron chi connectivity index (χ3n) is 5.21. The summed E-state index contributed by atoms with van der Waals surface area (Å²) in [4.78, 5) is 24.3. The van der Waals surface area contributed by atoms with Crippen LogP contribution in [-0.2, 0) is 4.79 Å². The predicted octanol–water partition coefficient (Wildman–Crippen LogP) is 3.37. The lowest BCUT2D eigenvalue weighted by Crippen LogP contribution is -2.25. The van der Waals surface area contributed by atoms with Gasteiger partial charge in [-0.2, -0.15) is 0 Å². The van der Waals surface area contributed by atoms with Gasteiger partial charge in [-0.3, -0.25) is 4.79 Å². The SMILES string of the molecule is COc1ccc(-n2cc(C(=O)O)c3c2[C@@H](c2ccc(O)c(OC)c2)CC(=O)N3)cc1. The number of aromatic nitrogens is 1. The third kappa shape index (κ3) is 3.22. The largest absolute Gasteiger partial charge is 0.504 e. The average molecular weight is 408 g/mol. The van der Waals surface area contributed by atoms with Gasteiger partial charge in [0.15, 0.2) is 11.5 Å². The first-order valence-corrected chi connectivity index (χ1v) is 9.22. The fourth-order valence-corrected chi connectivity index (χ4v) is 3.77. The molecule has 3 aromatic rings. The van der Waals surface area contributed by atoms with Gasteiger partial charge in [-0.1, -0.05) is 6.07 Å². The first-order valence-electron chi connectivity index (χ1n) is 9.22. The van der Waals surface area contributed by atoms with Crippen molar-refractivity contribution in [3.8, 4) is 22.9 Å². The fraction of sp³-hybridized carbons (Fsp3) is 0.182. The summed E-state index contributed by atoms with van der Waals surface area (Å²) in [6.45, 7) is 0. The van der Waals surface area contributed by atoms with Crippen LogP contribution < -0.4 is 14.8 Å². The molecule has 1 amide bonds. The summed E-state index contributed by atoms with van der Waals surface area (Å²) in [5, 5.41) is 22.4. The number of rotatable bonds is 5. The van der Waals surface area contributed by atoms with Crippen LogP contribution in [0.1, 0.15) is 34.0 Å². The summed E-state index contributed by atoms with van der Waals surface area (Å²) in [6, 6.07) is 12.1. The number of phenolic OH excluding ortho intramolecular Hbond substituents is 1. The monoisotopic (exact) mass is 408 g/mol. The Hall–Kier alpha value is -3.94. The van der Waals surface area contributed by atoms with E-state index in [0.717, 1.165) is 11.3 Å². The number of nitrogens with one attached hydrogen (secondary N) is 1. The van der Waals surface area contributed by atoms with Crippen LogP contribution in [0.15, 0.2) is 48.7 Å². The number of carboxylic acids is 1. The standard InChI is InChI=1S/C22H20N2O6/c1-29-14-6-4-13(5-7-14)24-11-16(22(27)28)20-21(24)15(10-19(26)23-20)12-3-8-17(25)18(9-12)30-2/h3-9,11,15,25H,10H2,1-2H3,(H,23,26)(H,27,28)/t15-/m1/s1.